The van der Waals surface area contributed by atoms with E-state index in [4.69, 9.17) is 0 Å². The van der Waals surface area contributed by atoms with Crippen molar-refractivity contribution in [3.63, 3.8) is 0 Å². The van der Waals surface area contributed by atoms with Crippen LogP contribution in [-0.2, 0) is 4.79 Å². The predicted molar refractivity (Wildman–Crippen MR) is 81.1 cm³/mol. The van der Waals surface area contributed by atoms with Crippen LogP contribution in [0.1, 0.15) is 58.8 Å². The van der Waals surface area contributed by atoms with E-state index in [9.17, 15) is 14.7 Å². The number of hydrogen-bond donors (Lipinski definition) is 2. The summed E-state index contributed by atoms with van der Waals surface area (Å²) in [5.41, 5.74) is -0.335. The molecule has 0 heterocycles. The van der Waals surface area contributed by atoms with Crippen LogP contribution in [0.15, 0.2) is 0 Å². The van der Waals surface area contributed by atoms with Gasteiger partial charge in [-0.15, -0.1) is 0 Å². The van der Waals surface area contributed by atoms with Crippen molar-refractivity contribution in [2.45, 2.75) is 64.8 Å². The zero-order valence-corrected chi connectivity index (χ0v) is 13.4. The van der Waals surface area contributed by atoms with Gasteiger partial charge < -0.3 is 15.3 Å². The highest BCUT2D eigenvalue weighted by atomic mass is 16.4. The molecule has 5 heteroatoms. The second-order valence-corrected chi connectivity index (χ2v) is 7.60. The van der Waals surface area contributed by atoms with Gasteiger partial charge in [-0.25, -0.2) is 4.79 Å². The average molecular weight is 296 g/mol. The summed E-state index contributed by atoms with van der Waals surface area (Å²) in [7, 11) is 1.83. The lowest BCUT2D eigenvalue weighted by atomic mass is 9.69. The van der Waals surface area contributed by atoms with Crippen molar-refractivity contribution < 1.29 is 14.7 Å². The number of amides is 2. The summed E-state index contributed by atoms with van der Waals surface area (Å²) in [5, 5.41) is 12.1. The number of nitrogens with zero attached hydrogens (tertiary/aromatic N) is 1. The van der Waals surface area contributed by atoms with E-state index >= 15 is 0 Å². The predicted octanol–water partition coefficient (Wildman–Crippen LogP) is 2.85. The first-order chi connectivity index (χ1) is 9.76. The number of aliphatic carboxylic acids is 1. The highest BCUT2D eigenvalue weighted by Crippen LogP contribution is 2.40. The minimum atomic E-state index is -0.781. The molecular formula is C16H28N2O3. The van der Waals surface area contributed by atoms with E-state index in [0.29, 0.717) is 18.3 Å². The first kappa shape index (κ1) is 16.1. The molecular weight excluding hydrogens is 268 g/mol. The van der Waals surface area contributed by atoms with E-state index in [1.54, 1.807) is 4.90 Å². The molecule has 2 fully saturated rings. The fourth-order valence-corrected chi connectivity index (χ4v) is 3.38. The van der Waals surface area contributed by atoms with Gasteiger partial charge in [0.2, 0.25) is 0 Å². The molecule has 5 nitrogen and oxygen atoms in total. The van der Waals surface area contributed by atoms with Gasteiger partial charge in [0.25, 0.3) is 0 Å². The largest absolute Gasteiger partial charge is 0.481 e. The fraction of sp³-hybridized carbons (Fsp3) is 0.875. The summed E-state index contributed by atoms with van der Waals surface area (Å²) in [4.78, 5) is 25.3. The van der Waals surface area contributed by atoms with Gasteiger partial charge >= 0.3 is 12.0 Å². The molecule has 0 spiro atoms. The molecule has 2 N–H and O–H groups in total. The van der Waals surface area contributed by atoms with E-state index in [1.165, 1.54) is 0 Å². The number of carbonyl (C=O) groups is 2. The minimum absolute atomic E-state index is 0.132. The second-order valence-electron chi connectivity index (χ2n) is 7.60. The number of carboxylic acid groups (broad SMARTS) is 1. The highest BCUT2D eigenvalue weighted by Gasteiger charge is 2.44. The van der Waals surface area contributed by atoms with Crippen LogP contribution >= 0.6 is 0 Å². The van der Waals surface area contributed by atoms with Crippen molar-refractivity contribution in [3.05, 3.63) is 0 Å². The number of urea groups is 1. The zero-order chi connectivity index (χ0) is 15.7. The van der Waals surface area contributed by atoms with Crippen LogP contribution < -0.4 is 5.32 Å². The molecule has 120 valence electrons. The molecule has 21 heavy (non-hydrogen) atoms. The van der Waals surface area contributed by atoms with Crippen molar-refractivity contribution in [1.29, 1.82) is 0 Å². The van der Waals surface area contributed by atoms with E-state index in [2.05, 4.69) is 19.2 Å². The summed E-state index contributed by atoms with van der Waals surface area (Å²) in [5.74, 6) is -0.781. The summed E-state index contributed by atoms with van der Waals surface area (Å²) >= 11 is 0. The normalized spacial score (nSPS) is 24.0. The Morgan fingerprint density at radius 2 is 1.76 bits per heavy atom. The standard InChI is InChI=1S/C16H28N2O3/c1-15(2)9-5-12(6-10-15)18(3)14(21)17-11-16(13(19)20)7-4-8-16/h12H,4-11H2,1-3H3,(H,17,21)(H,19,20). The molecule has 2 aliphatic carbocycles. The quantitative estimate of drug-likeness (QED) is 0.838. The Bertz CT molecular complexity index is 406. The molecule has 0 unspecified atom stereocenters. The highest BCUT2D eigenvalue weighted by molar-refractivity contribution is 5.79. The fourth-order valence-electron chi connectivity index (χ4n) is 3.38. The summed E-state index contributed by atoms with van der Waals surface area (Å²) in [6.07, 6.45) is 6.61. The number of nitrogens with one attached hydrogen (secondary N) is 1. The Labute approximate surface area is 127 Å². The lowest BCUT2D eigenvalue weighted by Crippen LogP contribution is -2.52. The SMILES string of the molecule is CN(C(=O)NCC1(C(=O)O)CCC1)C1CCC(C)(C)CC1. The Balaban J connectivity index is 1.82. The van der Waals surface area contributed by atoms with Gasteiger partial charge in [-0.05, 0) is 43.9 Å². The lowest BCUT2D eigenvalue weighted by Gasteiger charge is -2.40. The van der Waals surface area contributed by atoms with E-state index in [1.807, 2.05) is 7.05 Å². The third kappa shape index (κ3) is 3.50. The number of rotatable bonds is 4. The average Bonchev–Trinajstić information content (AvgIpc) is 2.36. The smallest absolute Gasteiger partial charge is 0.317 e. The molecule has 0 aliphatic heterocycles. The van der Waals surface area contributed by atoms with Crippen LogP contribution in [0.5, 0.6) is 0 Å². The molecule has 0 aromatic carbocycles. The van der Waals surface area contributed by atoms with Gasteiger partial charge in [0.1, 0.15) is 0 Å². The molecule has 0 bridgehead atoms. The van der Waals surface area contributed by atoms with Gasteiger partial charge in [0.05, 0.1) is 5.41 Å². The molecule has 2 aliphatic rings. The number of hydrogen-bond acceptors (Lipinski definition) is 2. The molecule has 2 amide bonds. The third-order valence-corrected chi connectivity index (χ3v) is 5.52. The summed E-state index contributed by atoms with van der Waals surface area (Å²) in [6.45, 7) is 4.80. The summed E-state index contributed by atoms with van der Waals surface area (Å²) in [6, 6.07) is 0.146. The van der Waals surface area contributed by atoms with Gasteiger partial charge in [-0.2, -0.15) is 0 Å². The van der Waals surface area contributed by atoms with Gasteiger partial charge in [0, 0.05) is 19.6 Å². The van der Waals surface area contributed by atoms with Gasteiger partial charge in [0.15, 0.2) is 0 Å². The maximum atomic E-state index is 12.2. The molecule has 0 atom stereocenters. The molecule has 0 saturated heterocycles. The summed E-state index contributed by atoms with van der Waals surface area (Å²) < 4.78 is 0. The monoisotopic (exact) mass is 296 g/mol. The Morgan fingerprint density at radius 3 is 2.19 bits per heavy atom. The van der Waals surface area contributed by atoms with Crippen molar-refractivity contribution in [3.8, 4) is 0 Å². The van der Waals surface area contributed by atoms with Crippen molar-refractivity contribution >= 4 is 12.0 Å². The Kier molecular flexibility index (Phi) is 4.49. The molecule has 0 radical (unpaired) electrons. The van der Waals surface area contributed by atoms with E-state index in [0.717, 1.165) is 32.1 Å². The van der Waals surface area contributed by atoms with E-state index < -0.39 is 11.4 Å². The Hall–Kier alpha value is -1.26. The topological polar surface area (TPSA) is 69.6 Å². The number of carboxylic acids is 1. The molecule has 0 aromatic rings. The first-order valence-corrected chi connectivity index (χ1v) is 8.00. The maximum Gasteiger partial charge on any atom is 0.317 e. The van der Waals surface area contributed by atoms with Crippen molar-refractivity contribution in [2.24, 2.45) is 10.8 Å². The second kappa shape index (κ2) is 5.85. The zero-order valence-electron chi connectivity index (χ0n) is 13.4. The van der Waals surface area contributed by atoms with Gasteiger partial charge in [-0.3, -0.25) is 4.79 Å². The van der Waals surface area contributed by atoms with Gasteiger partial charge in [-0.1, -0.05) is 20.3 Å². The first-order valence-electron chi connectivity index (χ1n) is 8.00. The van der Waals surface area contributed by atoms with Crippen LogP contribution in [0.4, 0.5) is 4.79 Å². The maximum absolute atomic E-state index is 12.2. The van der Waals surface area contributed by atoms with Crippen LogP contribution in [-0.4, -0.2) is 41.6 Å². The van der Waals surface area contributed by atoms with Crippen molar-refractivity contribution in [1.82, 2.24) is 10.2 Å². The van der Waals surface area contributed by atoms with E-state index in [-0.39, 0.29) is 18.6 Å². The van der Waals surface area contributed by atoms with Crippen molar-refractivity contribution in [2.75, 3.05) is 13.6 Å². The molecule has 2 saturated carbocycles. The lowest BCUT2D eigenvalue weighted by molar-refractivity contribution is -0.153. The third-order valence-electron chi connectivity index (χ3n) is 5.52. The van der Waals surface area contributed by atoms with Crippen LogP contribution in [0.2, 0.25) is 0 Å². The molecule has 0 aromatic heterocycles. The van der Waals surface area contributed by atoms with Crippen LogP contribution in [0, 0.1) is 10.8 Å². The minimum Gasteiger partial charge on any atom is -0.481 e. The number of carbonyl (C=O) groups excluding carboxylic acids is 1. The molecule has 2 rings (SSSR count). The van der Waals surface area contributed by atoms with Crippen LogP contribution in [0.25, 0.3) is 0 Å². The van der Waals surface area contributed by atoms with Crippen LogP contribution in [0.3, 0.4) is 0 Å². The Morgan fingerprint density at radius 1 is 1.19 bits per heavy atom.